The lowest BCUT2D eigenvalue weighted by Gasteiger charge is -2.13. The summed E-state index contributed by atoms with van der Waals surface area (Å²) in [7, 11) is 0. The molecule has 0 N–H and O–H groups in total. The Morgan fingerprint density at radius 1 is 1.16 bits per heavy atom. The molecule has 0 saturated heterocycles. The zero-order chi connectivity index (χ0) is 17.8. The summed E-state index contributed by atoms with van der Waals surface area (Å²) in [5.41, 5.74) is 2.13. The highest BCUT2D eigenvalue weighted by Gasteiger charge is 2.13. The summed E-state index contributed by atoms with van der Waals surface area (Å²) in [5.74, 6) is 1.31. The number of fused-ring (bicyclic) bond motifs is 2. The summed E-state index contributed by atoms with van der Waals surface area (Å²) < 4.78 is 16.8. The fourth-order valence-corrected chi connectivity index (χ4v) is 2.93. The monoisotopic (exact) mass is 340 g/mol. The van der Waals surface area contributed by atoms with Crippen molar-refractivity contribution in [2.45, 2.75) is 40.0 Å². The van der Waals surface area contributed by atoms with Gasteiger partial charge in [-0.3, -0.25) is 0 Å². The van der Waals surface area contributed by atoms with E-state index in [0.29, 0.717) is 23.7 Å². The molecule has 0 aliphatic rings. The quantitative estimate of drug-likeness (QED) is 0.409. The van der Waals surface area contributed by atoms with Crippen LogP contribution in [0.2, 0.25) is 0 Å². The third-order valence-electron chi connectivity index (χ3n) is 4.38. The predicted octanol–water partition coefficient (Wildman–Crippen LogP) is 5.69. The Morgan fingerprint density at radius 2 is 1.96 bits per heavy atom. The molecule has 4 nitrogen and oxygen atoms in total. The second-order valence-corrected chi connectivity index (χ2v) is 6.81. The van der Waals surface area contributed by atoms with Gasteiger partial charge in [0.2, 0.25) is 0 Å². The van der Waals surface area contributed by atoms with Gasteiger partial charge in [-0.05, 0) is 51.2 Å². The molecular formula is C21H24O4. The smallest absolute Gasteiger partial charge is 0.336 e. The minimum atomic E-state index is -0.378. The van der Waals surface area contributed by atoms with Crippen molar-refractivity contribution < 1.29 is 13.6 Å². The molecule has 0 aliphatic heterocycles. The van der Waals surface area contributed by atoms with Crippen LogP contribution in [0, 0.1) is 5.92 Å². The van der Waals surface area contributed by atoms with E-state index in [9.17, 15) is 4.79 Å². The maximum absolute atomic E-state index is 11.5. The number of hydrogen-bond donors (Lipinski definition) is 0. The first-order chi connectivity index (χ1) is 12.0. The zero-order valence-corrected chi connectivity index (χ0v) is 15.0. The van der Waals surface area contributed by atoms with E-state index in [1.54, 1.807) is 18.4 Å². The fraction of sp³-hybridized carbons (Fsp3) is 0.381. The molecular weight excluding hydrogens is 316 g/mol. The second kappa shape index (κ2) is 7.60. The molecule has 0 aliphatic carbocycles. The van der Waals surface area contributed by atoms with Crippen LogP contribution < -0.4 is 10.4 Å². The minimum absolute atomic E-state index is 0.378. The number of benzene rings is 1. The van der Waals surface area contributed by atoms with Gasteiger partial charge in [-0.2, -0.15) is 0 Å². The minimum Gasteiger partial charge on any atom is -0.492 e. The van der Waals surface area contributed by atoms with Gasteiger partial charge >= 0.3 is 5.63 Å². The van der Waals surface area contributed by atoms with E-state index in [1.807, 2.05) is 6.07 Å². The van der Waals surface area contributed by atoms with Crippen molar-refractivity contribution in [3.63, 3.8) is 0 Å². The van der Waals surface area contributed by atoms with Gasteiger partial charge in [0, 0.05) is 12.1 Å². The molecule has 1 atom stereocenters. The summed E-state index contributed by atoms with van der Waals surface area (Å²) in [6.07, 6.45) is 7.13. The number of ether oxygens (including phenoxy) is 1. The van der Waals surface area contributed by atoms with Crippen molar-refractivity contribution in [1.82, 2.24) is 0 Å². The van der Waals surface area contributed by atoms with Crippen LogP contribution in [-0.2, 0) is 0 Å². The SMILES string of the molecule is CC(C)=CCCC(C)CCOc1c2ccoc2cc2oc(=O)ccc12. The van der Waals surface area contributed by atoms with Crippen LogP contribution >= 0.6 is 0 Å². The van der Waals surface area contributed by atoms with Gasteiger partial charge in [-0.15, -0.1) is 0 Å². The largest absolute Gasteiger partial charge is 0.492 e. The molecule has 1 unspecified atom stereocenters. The highest BCUT2D eigenvalue weighted by Crippen LogP contribution is 2.35. The third kappa shape index (κ3) is 4.13. The van der Waals surface area contributed by atoms with Crippen molar-refractivity contribution in [3.8, 4) is 5.75 Å². The van der Waals surface area contributed by atoms with Gasteiger partial charge in [-0.1, -0.05) is 18.6 Å². The van der Waals surface area contributed by atoms with E-state index in [1.165, 1.54) is 11.6 Å². The zero-order valence-electron chi connectivity index (χ0n) is 15.0. The van der Waals surface area contributed by atoms with Gasteiger partial charge in [-0.25, -0.2) is 4.79 Å². The molecule has 0 spiro atoms. The lowest BCUT2D eigenvalue weighted by molar-refractivity contribution is 0.285. The Labute approximate surface area is 147 Å². The summed E-state index contributed by atoms with van der Waals surface area (Å²) >= 11 is 0. The average Bonchev–Trinajstić information content (AvgIpc) is 3.01. The van der Waals surface area contributed by atoms with Gasteiger partial charge in [0.15, 0.2) is 0 Å². The molecule has 0 radical (unpaired) electrons. The summed E-state index contributed by atoms with van der Waals surface area (Å²) in [6, 6.07) is 6.79. The molecule has 2 heterocycles. The predicted molar refractivity (Wildman–Crippen MR) is 100 cm³/mol. The fourth-order valence-electron chi connectivity index (χ4n) is 2.93. The molecule has 3 rings (SSSR count). The van der Waals surface area contributed by atoms with Crippen LogP contribution in [0.1, 0.15) is 40.0 Å². The number of furan rings is 1. The first-order valence-electron chi connectivity index (χ1n) is 8.75. The molecule has 132 valence electrons. The van der Waals surface area contributed by atoms with E-state index in [0.717, 1.165) is 35.8 Å². The third-order valence-corrected chi connectivity index (χ3v) is 4.38. The highest BCUT2D eigenvalue weighted by molar-refractivity contribution is 6.01. The Hall–Kier alpha value is -2.49. The molecule has 3 aromatic rings. The Morgan fingerprint density at radius 3 is 2.76 bits per heavy atom. The maximum atomic E-state index is 11.5. The van der Waals surface area contributed by atoms with Crippen molar-refractivity contribution in [2.75, 3.05) is 6.61 Å². The van der Waals surface area contributed by atoms with Crippen LogP contribution in [-0.4, -0.2) is 6.61 Å². The Kier molecular flexibility index (Phi) is 5.27. The normalized spacial score (nSPS) is 12.4. The summed E-state index contributed by atoms with van der Waals surface area (Å²) in [4.78, 5) is 11.5. The van der Waals surface area contributed by atoms with E-state index in [4.69, 9.17) is 13.6 Å². The molecule has 0 bridgehead atoms. The summed E-state index contributed by atoms with van der Waals surface area (Å²) in [5, 5.41) is 1.70. The molecule has 0 fully saturated rings. The summed E-state index contributed by atoms with van der Waals surface area (Å²) in [6.45, 7) is 7.12. The second-order valence-electron chi connectivity index (χ2n) is 6.81. The molecule has 0 amide bonds. The highest BCUT2D eigenvalue weighted by atomic mass is 16.5. The molecule has 0 saturated carbocycles. The Bertz CT molecular complexity index is 941. The lowest BCUT2D eigenvalue weighted by Crippen LogP contribution is -2.05. The van der Waals surface area contributed by atoms with Crippen LogP contribution in [0.4, 0.5) is 0 Å². The van der Waals surface area contributed by atoms with E-state index in [-0.39, 0.29) is 5.63 Å². The van der Waals surface area contributed by atoms with E-state index >= 15 is 0 Å². The van der Waals surface area contributed by atoms with Gasteiger partial charge in [0.25, 0.3) is 0 Å². The molecule has 2 aromatic heterocycles. The van der Waals surface area contributed by atoms with Crippen molar-refractivity contribution in [2.24, 2.45) is 5.92 Å². The van der Waals surface area contributed by atoms with Crippen molar-refractivity contribution in [1.29, 1.82) is 0 Å². The van der Waals surface area contributed by atoms with Crippen LogP contribution in [0.15, 0.2) is 55.8 Å². The van der Waals surface area contributed by atoms with Crippen LogP contribution in [0.3, 0.4) is 0 Å². The van der Waals surface area contributed by atoms with Gasteiger partial charge < -0.3 is 13.6 Å². The van der Waals surface area contributed by atoms with Crippen molar-refractivity contribution >= 4 is 21.9 Å². The van der Waals surface area contributed by atoms with E-state index in [2.05, 4.69) is 26.8 Å². The molecule has 4 heteroatoms. The maximum Gasteiger partial charge on any atom is 0.336 e. The number of allylic oxidation sites excluding steroid dienone is 2. The van der Waals surface area contributed by atoms with Crippen LogP contribution in [0.5, 0.6) is 5.75 Å². The molecule has 1 aromatic carbocycles. The number of rotatable bonds is 7. The lowest BCUT2D eigenvalue weighted by atomic mass is 10.0. The standard InChI is InChI=1S/C21H24O4/c1-14(2)5-4-6-15(3)9-11-24-21-16-7-8-20(22)25-19(16)13-18-17(21)10-12-23-18/h5,7-8,10,12-13,15H,4,6,9,11H2,1-3H3. The average molecular weight is 340 g/mol. The Balaban J connectivity index is 1.75. The topological polar surface area (TPSA) is 52.6 Å². The van der Waals surface area contributed by atoms with Gasteiger partial charge in [0.05, 0.1) is 23.6 Å². The molecule has 25 heavy (non-hydrogen) atoms. The number of hydrogen-bond acceptors (Lipinski definition) is 4. The first kappa shape index (κ1) is 17.3. The van der Waals surface area contributed by atoms with Crippen LogP contribution in [0.25, 0.3) is 21.9 Å². The van der Waals surface area contributed by atoms with E-state index < -0.39 is 0 Å². The van der Waals surface area contributed by atoms with Gasteiger partial charge in [0.1, 0.15) is 16.9 Å². The first-order valence-corrected chi connectivity index (χ1v) is 8.75. The van der Waals surface area contributed by atoms with Crippen molar-refractivity contribution in [3.05, 3.63) is 52.6 Å².